The van der Waals surface area contributed by atoms with Crippen molar-refractivity contribution >= 4 is 27.3 Å². The number of nitrogens with one attached hydrogen (secondary N) is 1. The van der Waals surface area contributed by atoms with Crippen LogP contribution in [-0.4, -0.2) is 21.3 Å². The van der Waals surface area contributed by atoms with E-state index in [0.717, 1.165) is 17.1 Å². The first-order valence-electron chi connectivity index (χ1n) is 6.25. The van der Waals surface area contributed by atoms with Gasteiger partial charge < -0.3 is 14.8 Å². The highest BCUT2D eigenvalue weighted by Gasteiger charge is 2.19. The van der Waals surface area contributed by atoms with Gasteiger partial charge in [0.1, 0.15) is 11.5 Å². The molecule has 1 unspecified atom stereocenters. The lowest BCUT2D eigenvalue weighted by Gasteiger charge is -2.19. The Morgan fingerprint density at radius 3 is 2.45 bits per heavy atom. The van der Waals surface area contributed by atoms with E-state index in [1.165, 1.54) is 14.2 Å². The Morgan fingerprint density at radius 2 is 1.95 bits per heavy atom. The minimum absolute atomic E-state index is 0.103. The third kappa shape index (κ3) is 3.00. The van der Waals surface area contributed by atoms with Gasteiger partial charge in [-0.2, -0.15) is 0 Å². The Bertz CT molecular complexity index is 578. The van der Waals surface area contributed by atoms with E-state index in [4.69, 9.17) is 9.47 Å². The Kier molecular flexibility index (Phi) is 5.07. The fraction of sp³-hybridized carbons (Fsp3) is 0.333. The normalized spacial score (nSPS) is 12.2. The molecule has 0 aliphatic carbocycles. The summed E-state index contributed by atoms with van der Waals surface area (Å²) in [4.78, 5) is 1.25. The van der Waals surface area contributed by atoms with Gasteiger partial charge in [-0.1, -0.05) is 0 Å². The Hall–Kier alpha value is -1.04. The van der Waals surface area contributed by atoms with Crippen molar-refractivity contribution < 1.29 is 9.47 Å². The van der Waals surface area contributed by atoms with Crippen LogP contribution in [0, 0.1) is 6.92 Å². The van der Waals surface area contributed by atoms with E-state index in [-0.39, 0.29) is 6.04 Å². The average molecular weight is 356 g/mol. The number of hydrogen-bond acceptors (Lipinski definition) is 4. The number of halogens is 1. The summed E-state index contributed by atoms with van der Waals surface area (Å²) >= 11 is 5.32. The zero-order valence-corrected chi connectivity index (χ0v) is 14.4. The van der Waals surface area contributed by atoms with Crippen LogP contribution >= 0.6 is 27.3 Å². The van der Waals surface area contributed by atoms with E-state index in [9.17, 15) is 0 Å². The number of ether oxygens (including phenoxy) is 2. The second-order valence-electron chi connectivity index (χ2n) is 4.44. The number of rotatable bonds is 5. The molecule has 1 atom stereocenters. The molecule has 0 radical (unpaired) electrons. The molecule has 2 aromatic rings. The van der Waals surface area contributed by atoms with Crippen LogP contribution in [0.1, 0.15) is 22.0 Å². The molecule has 108 valence electrons. The van der Waals surface area contributed by atoms with Crippen LogP contribution in [0.5, 0.6) is 11.5 Å². The van der Waals surface area contributed by atoms with Gasteiger partial charge in [-0.05, 0) is 53.7 Å². The van der Waals surface area contributed by atoms with Gasteiger partial charge in [0.15, 0.2) is 0 Å². The molecule has 0 fully saturated rings. The van der Waals surface area contributed by atoms with Crippen LogP contribution in [0.25, 0.3) is 0 Å². The van der Waals surface area contributed by atoms with Crippen molar-refractivity contribution in [1.82, 2.24) is 5.32 Å². The third-order valence-electron chi connectivity index (χ3n) is 3.20. The molecule has 3 nitrogen and oxygen atoms in total. The van der Waals surface area contributed by atoms with E-state index in [1.54, 1.807) is 25.6 Å². The fourth-order valence-electron chi connectivity index (χ4n) is 2.13. The van der Waals surface area contributed by atoms with Crippen molar-refractivity contribution in [3.63, 3.8) is 0 Å². The van der Waals surface area contributed by atoms with Crippen LogP contribution in [0.2, 0.25) is 0 Å². The van der Waals surface area contributed by atoms with Crippen LogP contribution in [0.3, 0.4) is 0 Å². The zero-order valence-electron chi connectivity index (χ0n) is 12.0. The lowest BCUT2D eigenvalue weighted by atomic mass is 10.0. The van der Waals surface area contributed by atoms with Gasteiger partial charge in [0.05, 0.1) is 24.0 Å². The average Bonchev–Trinajstić information content (AvgIpc) is 2.79. The van der Waals surface area contributed by atoms with Crippen molar-refractivity contribution in [3.8, 4) is 11.5 Å². The minimum atomic E-state index is 0.103. The van der Waals surface area contributed by atoms with Crippen molar-refractivity contribution in [3.05, 3.63) is 44.1 Å². The second-order valence-corrected chi connectivity index (χ2v) is 6.84. The van der Waals surface area contributed by atoms with Crippen LogP contribution in [-0.2, 0) is 0 Å². The highest BCUT2D eigenvalue weighted by Crippen LogP contribution is 2.38. The highest BCUT2D eigenvalue weighted by atomic mass is 79.9. The molecule has 1 heterocycles. The lowest BCUT2D eigenvalue weighted by Crippen LogP contribution is -2.17. The summed E-state index contributed by atoms with van der Waals surface area (Å²) < 4.78 is 11.9. The summed E-state index contributed by atoms with van der Waals surface area (Å²) in [7, 11) is 5.29. The van der Waals surface area contributed by atoms with E-state index >= 15 is 0 Å². The van der Waals surface area contributed by atoms with Gasteiger partial charge in [-0.25, -0.2) is 0 Å². The van der Waals surface area contributed by atoms with Crippen molar-refractivity contribution in [2.45, 2.75) is 13.0 Å². The molecule has 1 N–H and O–H groups in total. The van der Waals surface area contributed by atoms with E-state index in [0.29, 0.717) is 0 Å². The molecule has 1 aromatic carbocycles. The molecule has 2 rings (SSSR count). The first-order valence-corrected chi connectivity index (χ1v) is 7.86. The number of benzene rings is 1. The molecular weight excluding hydrogens is 338 g/mol. The number of methoxy groups -OCH3 is 2. The molecule has 0 spiro atoms. The highest BCUT2D eigenvalue weighted by molar-refractivity contribution is 9.11. The standard InChI is InChI=1S/C15H18BrNO2S/c1-9-7-13(20-15(9)16)14(17-2)11-6-5-10(18-3)8-12(11)19-4/h5-8,14,17H,1-4H3. The summed E-state index contributed by atoms with van der Waals surface area (Å²) in [5.41, 5.74) is 2.35. The molecule has 0 aliphatic rings. The zero-order chi connectivity index (χ0) is 14.7. The van der Waals surface area contributed by atoms with Crippen molar-refractivity contribution in [2.24, 2.45) is 0 Å². The maximum absolute atomic E-state index is 5.50. The van der Waals surface area contributed by atoms with Crippen LogP contribution in [0.4, 0.5) is 0 Å². The topological polar surface area (TPSA) is 30.5 Å². The molecule has 0 amide bonds. The summed E-state index contributed by atoms with van der Waals surface area (Å²) in [6.07, 6.45) is 0. The summed E-state index contributed by atoms with van der Waals surface area (Å²) in [5, 5.41) is 3.36. The van der Waals surface area contributed by atoms with Crippen LogP contribution in [0.15, 0.2) is 28.1 Å². The Balaban J connectivity index is 2.46. The monoisotopic (exact) mass is 355 g/mol. The van der Waals surface area contributed by atoms with Gasteiger partial charge in [-0.3, -0.25) is 0 Å². The van der Waals surface area contributed by atoms with Crippen molar-refractivity contribution in [1.29, 1.82) is 0 Å². The molecule has 1 aromatic heterocycles. The quantitative estimate of drug-likeness (QED) is 0.873. The van der Waals surface area contributed by atoms with Gasteiger partial charge in [0, 0.05) is 16.5 Å². The smallest absolute Gasteiger partial charge is 0.127 e. The first kappa shape index (κ1) is 15.4. The Morgan fingerprint density at radius 1 is 1.20 bits per heavy atom. The molecule has 0 bridgehead atoms. The molecule has 0 saturated heterocycles. The number of thiophene rings is 1. The maximum atomic E-state index is 5.50. The number of hydrogen-bond donors (Lipinski definition) is 1. The minimum Gasteiger partial charge on any atom is -0.497 e. The van der Waals surface area contributed by atoms with Crippen LogP contribution < -0.4 is 14.8 Å². The number of aryl methyl sites for hydroxylation is 1. The van der Waals surface area contributed by atoms with Gasteiger partial charge >= 0.3 is 0 Å². The summed E-state index contributed by atoms with van der Waals surface area (Å²) in [5.74, 6) is 1.62. The molecule has 5 heteroatoms. The molecule has 0 aliphatic heterocycles. The third-order valence-corrected chi connectivity index (χ3v) is 5.40. The first-order chi connectivity index (χ1) is 9.60. The maximum Gasteiger partial charge on any atom is 0.127 e. The molecule has 0 saturated carbocycles. The molecular formula is C15H18BrNO2S. The fourth-order valence-corrected chi connectivity index (χ4v) is 3.83. The summed E-state index contributed by atoms with van der Waals surface area (Å²) in [6.45, 7) is 2.10. The van der Waals surface area contributed by atoms with Crippen molar-refractivity contribution in [2.75, 3.05) is 21.3 Å². The van der Waals surface area contributed by atoms with E-state index in [2.05, 4.69) is 34.2 Å². The molecule has 20 heavy (non-hydrogen) atoms. The predicted molar refractivity (Wildman–Crippen MR) is 87.2 cm³/mol. The predicted octanol–water partition coefficient (Wildman–Crippen LogP) is 4.15. The van der Waals surface area contributed by atoms with Gasteiger partial charge in [0.25, 0.3) is 0 Å². The van der Waals surface area contributed by atoms with E-state index in [1.807, 2.05) is 25.2 Å². The SMILES string of the molecule is CNC(c1cc(C)c(Br)s1)c1ccc(OC)cc1OC. The van der Waals surface area contributed by atoms with Gasteiger partial charge in [0.2, 0.25) is 0 Å². The second kappa shape index (κ2) is 6.61. The lowest BCUT2D eigenvalue weighted by molar-refractivity contribution is 0.388. The Labute approximate surface area is 132 Å². The van der Waals surface area contributed by atoms with E-state index < -0.39 is 0 Å². The summed E-state index contributed by atoms with van der Waals surface area (Å²) in [6, 6.07) is 8.21. The largest absolute Gasteiger partial charge is 0.497 e. The van der Waals surface area contributed by atoms with Gasteiger partial charge in [-0.15, -0.1) is 11.3 Å².